The first-order valence-electron chi connectivity index (χ1n) is 13.9. The summed E-state index contributed by atoms with van der Waals surface area (Å²) in [7, 11) is 1.47. The van der Waals surface area contributed by atoms with Crippen LogP contribution in [0.3, 0.4) is 0 Å². The molecule has 2 aliphatic rings. The predicted molar refractivity (Wildman–Crippen MR) is 156 cm³/mol. The Labute approximate surface area is 244 Å². The molecule has 39 heavy (non-hydrogen) atoms. The van der Waals surface area contributed by atoms with E-state index in [2.05, 4.69) is 5.32 Å². The van der Waals surface area contributed by atoms with Crippen LogP contribution in [-0.4, -0.2) is 78.3 Å². The number of halogens is 1. The van der Waals surface area contributed by atoms with Crippen LogP contribution in [0.15, 0.2) is 23.8 Å². The number of hydrogen-bond acceptors (Lipinski definition) is 7. The molecule has 3 atom stereocenters. The molecule has 3 rings (SSSR count). The van der Waals surface area contributed by atoms with E-state index in [1.54, 1.807) is 23.1 Å². The second kappa shape index (κ2) is 15.6. The molecule has 0 unspecified atom stereocenters. The number of aldehydes is 1. The molecule has 0 aromatic heterocycles. The van der Waals surface area contributed by atoms with Crippen molar-refractivity contribution in [1.82, 2.24) is 10.2 Å². The number of carbonyl (C=O) groups is 3. The molecular weight excluding hydrogens is 615 g/mol. The Morgan fingerprint density at radius 2 is 1.97 bits per heavy atom. The van der Waals surface area contributed by atoms with Crippen molar-refractivity contribution in [2.45, 2.75) is 83.0 Å². The van der Waals surface area contributed by atoms with Gasteiger partial charge in [-0.15, -0.1) is 0 Å². The number of ether oxygens (including phenoxy) is 2. The van der Waals surface area contributed by atoms with Gasteiger partial charge in [0.2, 0.25) is 11.8 Å². The quantitative estimate of drug-likeness (QED) is 0.219. The lowest BCUT2D eigenvalue weighted by Gasteiger charge is -2.42. The van der Waals surface area contributed by atoms with Gasteiger partial charge in [0.25, 0.3) is 0 Å². The van der Waals surface area contributed by atoms with Crippen LogP contribution in [-0.2, 0) is 9.59 Å². The Morgan fingerprint density at radius 3 is 2.62 bits per heavy atom. The summed E-state index contributed by atoms with van der Waals surface area (Å²) >= 11 is 2.04. The normalized spacial score (nSPS) is 21.6. The fourth-order valence-corrected chi connectivity index (χ4v) is 6.13. The Kier molecular flexibility index (Phi) is 12.5. The van der Waals surface area contributed by atoms with E-state index in [0.29, 0.717) is 51.4 Å². The van der Waals surface area contributed by atoms with Crippen LogP contribution in [0, 0.1) is 9.49 Å². The van der Waals surface area contributed by atoms with Gasteiger partial charge in [0.1, 0.15) is 18.5 Å². The van der Waals surface area contributed by atoms with Crippen molar-refractivity contribution in [2.24, 2.45) is 5.92 Å². The zero-order valence-electron chi connectivity index (χ0n) is 22.9. The summed E-state index contributed by atoms with van der Waals surface area (Å²) in [6.07, 6.45) is 7.99. The third kappa shape index (κ3) is 8.40. The Hall–Kier alpha value is -2.18. The Bertz CT molecular complexity index is 1030. The highest BCUT2D eigenvalue weighted by Crippen LogP contribution is 2.37. The van der Waals surface area contributed by atoms with E-state index in [0.717, 1.165) is 38.5 Å². The third-order valence-corrected chi connectivity index (χ3v) is 8.30. The number of benzene rings is 1. The van der Waals surface area contributed by atoms with E-state index in [4.69, 9.17) is 9.47 Å². The zero-order valence-corrected chi connectivity index (χ0v) is 25.0. The highest BCUT2D eigenvalue weighted by Gasteiger charge is 2.41. The highest BCUT2D eigenvalue weighted by molar-refractivity contribution is 14.1. The summed E-state index contributed by atoms with van der Waals surface area (Å²) in [6, 6.07) is 2.55. The molecule has 1 fully saturated rings. The molecule has 3 N–H and O–H groups in total. The van der Waals surface area contributed by atoms with Crippen LogP contribution >= 0.6 is 22.6 Å². The maximum Gasteiger partial charge on any atom is 0.247 e. The molecule has 0 saturated heterocycles. The van der Waals surface area contributed by atoms with E-state index in [9.17, 15) is 24.6 Å². The summed E-state index contributed by atoms with van der Waals surface area (Å²) in [5.41, 5.74) is 0.810. The summed E-state index contributed by atoms with van der Waals surface area (Å²) in [4.78, 5) is 39.7. The maximum atomic E-state index is 13.5. The first-order chi connectivity index (χ1) is 18.8. The Balaban J connectivity index is 1.98. The molecule has 216 valence electrons. The number of unbranched alkanes of at least 4 members (excludes halogenated alkanes) is 1. The van der Waals surface area contributed by atoms with Crippen molar-refractivity contribution in [3.05, 3.63) is 32.9 Å². The van der Waals surface area contributed by atoms with Crippen molar-refractivity contribution >= 4 is 40.7 Å². The number of methoxy groups -OCH3 is 1. The monoisotopic (exact) mass is 656 g/mol. The molecule has 2 amide bonds. The van der Waals surface area contributed by atoms with Gasteiger partial charge in [-0.25, -0.2) is 0 Å². The van der Waals surface area contributed by atoms with Crippen LogP contribution in [0.2, 0.25) is 0 Å². The molecule has 0 heterocycles. The summed E-state index contributed by atoms with van der Waals surface area (Å²) < 4.78 is 12.4. The van der Waals surface area contributed by atoms with Crippen molar-refractivity contribution < 1.29 is 34.1 Å². The van der Waals surface area contributed by atoms with Crippen molar-refractivity contribution in [2.75, 3.05) is 26.8 Å². The molecule has 1 aromatic carbocycles. The molecular formula is C29H41IN2O7. The second-order valence-corrected chi connectivity index (χ2v) is 11.5. The number of carbonyl (C=O) groups excluding carboxylic acids is 3. The average Bonchev–Trinajstić information content (AvgIpc) is 2.95. The molecule has 10 heteroatoms. The van der Waals surface area contributed by atoms with Gasteiger partial charge >= 0.3 is 0 Å². The number of rotatable bonds is 13. The van der Waals surface area contributed by atoms with E-state index in [-0.39, 0.29) is 31.4 Å². The molecule has 0 spiro atoms. The van der Waals surface area contributed by atoms with Crippen LogP contribution in [0.4, 0.5) is 0 Å². The molecule has 1 aromatic rings. The average molecular weight is 657 g/mol. The minimum absolute atomic E-state index is 0.0234. The lowest BCUT2D eigenvalue weighted by Crippen LogP contribution is -2.56. The van der Waals surface area contributed by atoms with E-state index in [1.807, 2.05) is 29.5 Å². The van der Waals surface area contributed by atoms with Crippen LogP contribution < -0.4 is 14.8 Å². The lowest BCUT2D eigenvalue weighted by molar-refractivity contribution is -0.140. The van der Waals surface area contributed by atoms with Gasteiger partial charge in [0, 0.05) is 37.1 Å². The lowest BCUT2D eigenvalue weighted by atomic mass is 9.85. The van der Waals surface area contributed by atoms with Crippen molar-refractivity contribution in [1.29, 1.82) is 0 Å². The standard InChI is InChI=1S/C29H41IN2O7/c1-3-4-10-26(35)32(17-19-8-6-5-7-9-19)23-15-21(29(37)31-11-12-33)16-24(27(23)36)39-28-22(30)13-20(18-34)14-25(28)38-2/h13-14,16,18-19,23-24,27,33,36H,3-12,15,17H2,1-2H3,(H,31,37)/t23-,24+,27+/m1/s1. The first kappa shape index (κ1) is 31.3. The topological polar surface area (TPSA) is 125 Å². The molecule has 0 radical (unpaired) electrons. The predicted octanol–water partition coefficient (Wildman–Crippen LogP) is 3.63. The fraction of sp³-hybridized carbons (Fsp3) is 0.621. The highest BCUT2D eigenvalue weighted by atomic mass is 127. The summed E-state index contributed by atoms with van der Waals surface area (Å²) in [5, 5.41) is 23.6. The van der Waals surface area contributed by atoms with Crippen molar-refractivity contribution in [3.8, 4) is 11.5 Å². The molecule has 1 saturated carbocycles. The van der Waals surface area contributed by atoms with Gasteiger partial charge in [0.05, 0.1) is 23.3 Å². The van der Waals surface area contributed by atoms with E-state index in [1.165, 1.54) is 13.5 Å². The minimum atomic E-state index is -1.10. The molecule has 0 bridgehead atoms. The molecule has 2 aliphatic carbocycles. The van der Waals surface area contributed by atoms with E-state index >= 15 is 0 Å². The smallest absolute Gasteiger partial charge is 0.247 e. The molecule has 0 aliphatic heterocycles. The first-order valence-corrected chi connectivity index (χ1v) is 15.0. The second-order valence-electron chi connectivity index (χ2n) is 10.3. The number of amides is 2. The third-order valence-electron chi connectivity index (χ3n) is 7.50. The van der Waals surface area contributed by atoms with Crippen LogP contribution in [0.25, 0.3) is 0 Å². The SMILES string of the molecule is CCCCC(=O)N(CC1CCCCC1)[C@@H]1CC(C(=O)NCCO)=C[C@H](Oc2c(I)cc(C=O)cc2OC)[C@H]1O. The summed E-state index contributed by atoms with van der Waals surface area (Å²) in [5.74, 6) is 0.633. The maximum absolute atomic E-state index is 13.5. The zero-order chi connectivity index (χ0) is 28.4. The van der Waals surface area contributed by atoms with E-state index < -0.39 is 18.2 Å². The number of aliphatic hydroxyl groups is 2. The number of aliphatic hydroxyl groups excluding tert-OH is 2. The number of nitrogens with one attached hydrogen (secondary N) is 1. The van der Waals surface area contributed by atoms with Gasteiger partial charge < -0.3 is 29.9 Å². The largest absolute Gasteiger partial charge is 0.493 e. The number of nitrogens with zero attached hydrogens (tertiary/aromatic N) is 1. The van der Waals surface area contributed by atoms with Crippen LogP contribution in [0.5, 0.6) is 11.5 Å². The molecule has 9 nitrogen and oxygen atoms in total. The number of hydrogen-bond donors (Lipinski definition) is 3. The van der Waals surface area contributed by atoms with Gasteiger partial charge in [-0.3, -0.25) is 14.4 Å². The minimum Gasteiger partial charge on any atom is -0.493 e. The van der Waals surface area contributed by atoms with Gasteiger partial charge in [0.15, 0.2) is 11.5 Å². The van der Waals surface area contributed by atoms with Crippen molar-refractivity contribution in [3.63, 3.8) is 0 Å². The van der Waals surface area contributed by atoms with Gasteiger partial charge in [-0.2, -0.15) is 0 Å². The fourth-order valence-electron chi connectivity index (χ4n) is 5.38. The van der Waals surface area contributed by atoms with Crippen LogP contribution in [0.1, 0.15) is 75.1 Å². The van der Waals surface area contributed by atoms with Gasteiger partial charge in [-0.1, -0.05) is 32.6 Å². The Morgan fingerprint density at radius 1 is 1.23 bits per heavy atom. The summed E-state index contributed by atoms with van der Waals surface area (Å²) in [6.45, 7) is 2.47. The van der Waals surface area contributed by atoms with Gasteiger partial charge in [-0.05, 0) is 66.0 Å².